The number of hydrogen-bond acceptors (Lipinski definition) is 4. The third-order valence-electron chi connectivity index (χ3n) is 2.43. The Kier molecular flexibility index (Phi) is 6.62. The minimum atomic E-state index is -0.106. The molecule has 96 valence electrons. The number of benzene rings is 1. The Balaban J connectivity index is 2.53. The third-order valence-corrected chi connectivity index (χ3v) is 2.43. The number of methoxy groups -OCH3 is 1. The molecule has 0 amide bonds. The predicted molar refractivity (Wildman–Crippen MR) is 67.2 cm³/mol. The lowest BCUT2D eigenvalue weighted by atomic mass is 10.1. The summed E-state index contributed by atoms with van der Waals surface area (Å²) < 4.78 is 16.1. The Hall–Kier alpha value is -1.10. The van der Waals surface area contributed by atoms with Crippen molar-refractivity contribution in [2.45, 2.75) is 13.0 Å². The van der Waals surface area contributed by atoms with Crippen molar-refractivity contribution in [1.82, 2.24) is 0 Å². The SMILES string of the molecule is CCOCCOC(CN)c1cccc(OC)c1. The van der Waals surface area contributed by atoms with Crippen LogP contribution in [-0.2, 0) is 9.47 Å². The van der Waals surface area contributed by atoms with Crippen LogP contribution < -0.4 is 10.5 Å². The lowest BCUT2D eigenvalue weighted by Crippen LogP contribution is -2.18. The quantitative estimate of drug-likeness (QED) is 0.702. The molecule has 0 aromatic heterocycles. The van der Waals surface area contributed by atoms with Gasteiger partial charge in [-0.25, -0.2) is 0 Å². The average Bonchev–Trinajstić information content (AvgIpc) is 2.39. The molecule has 1 aromatic rings. The summed E-state index contributed by atoms with van der Waals surface area (Å²) in [6.45, 7) is 4.25. The van der Waals surface area contributed by atoms with Gasteiger partial charge >= 0.3 is 0 Å². The smallest absolute Gasteiger partial charge is 0.119 e. The maximum Gasteiger partial charge on any atom is 0.119 e. The van der Waals surface area contributed by atoms with E-state index in [1.807, 2.05) is 31.2 Å². The molecule has 2 N–H and O–H groups in total. The van der Waals surface area contributed by atoms with Crippen molar-refractivity contribution < 1.29 is 14.2 Å². The van der Waals surface area contributed by atoms with Gasteiger partial charge in [-0.2, -0.15) is 0 Å². The fourth-order valence-corrected chi connectivity index (χ4v) is 1.54. The van der Waals surface area contributed by atoms with Crippen LogP contribution in [-0.4, -0.2) is 33.5 Å². The second kappa shape index (κ2) is 8.06. The molecule has 1 atom stereocenters. The molecule has 17 heavy (non-hydrogen) atoms. The van der Waals surface area contributed by atoms with Crippen LogP contribution in [0.2, 0.25) is 0 Å². The molecule has 0 spiro atoms. The summed E-state index contributed by atoms with van der Waals surface area (Å²) in [5, 5.41) is 0. The van der Waals surface area contributed by atoms with E-state index in [-0.39, 0.29) is 6.10 Å². The Bertz CT molecular complexity index is 317. The first kappa shape index (κ1) is 14.0. The highest BCUT2D eigenvalue weighted by Crippen LogP contribution is 2.21. The first-order valence-electron chi connectivity index (χ1n) is 5.85. The summed E-state index contributed by atoms with van der Waals surface area (Å²) in [5.41, 5.74) is 6.74. The van der Waals surface area contributed by atoms with Crippen molar-refractivity contribution in [2.24, 2.45) is 5.73 Å². The van der Waals surface area contributed by atoms with Gasteiger partial charge in [0, 0.05) is 13.2 Å². The maximum absolute atomic E-state index is 5.70. The van der Waals surface area contributed by atoms with Crippen LogP contribution in [0.15, 0.2) is 24.3 Å². The van der Waals surface area contributed by atoms with Crippen LogP contribution in [0.1, 0.15) is 18.6 Å². The summed E-state index contributed by atoms with van der Waals surface area (Å²) >= 11 is 0. The van der Waals surface area contributed by atoms with Crippen LogP contribution in [0.3, 0.4) is 0 Å². The molecule has 0 aliphatic carbocycles. The van der Waals surface area contributed by atoms with E-state index in [1.165, 1.54) is 0 Å². The standard InChI is InChI=1S/C13H21NO3/c1-3-16-7-8-17-13(10-14)11-5-4-6-12(9-11)15-2/h4-6,9,13H,3,7-8,10,14H2,1-2H3. The van der Waals surface area contributed by atoms with Crippen LogP contribution in [0.5, 0.6) is 5.75 Å². The summed E-state index contributed by atoms with van der Waals surface area (Å²) in [6.07, 6.45) is -0.106. The zero-order valence-corrected chi connectivity index (χ0v) is 10.5. The van der Waals surface area contributed by atoms with Crippen LogP contribution >= 0.6 is 0 Å². The first-order valence-corrected chi connectivity index (χ1v) is 5.85. The molecule has 4 nitrogen and oxygen atoms in total. The molecule has 0 saturated carbocycles. The van der Waals surface area contributed by atoms with Crippen molar-refractivity contribution in [3.8, 4) is 5.75 Å². The molecule has 0 aliphatic heterocycles. The largest absolute Gasteiger partial charge is 0.497 e. The molecular formula is C13H21NO3. The zero-order valence-electron chi connectivity index (χ0n) is 10.5. The molecule has 0 saturated heterocycles. The van der Waals surface area contributed by atoms with Gasteiger partial charge in [0.05, 0.1) is 26.4 Å². The van der Waals surface area contributed by atoms with E-state index in [1.54, 1.807) is 7.11 Å². The van der Waals surface area contributed by atoms with E-state index in [0.717, 1.165) is 11.3 Å². The summed E-state index contributed by atoms with van der Waals surface area (Å²) in [6, 6.07) is 7.76. The van der Waals surface area contributed by atoms with Crippen molar-refractivity contribution in [1.29, 1.82) is 0 Å². The van der Waals surface area contributed by atoms with Gasteiger partial charge in [-0.1, -0.05) is 12.1 Å². The average molecular weight is 239 g/mol. The van der Waals surface area contributed by atoms with Crippen molar-refractivity contribution in [2.75, 3.05) is 33.5 Å². The molecule has 0 bridgehead atoms. The maximum atomic E-state index is 5.70. The highest BCUT2D eigenvalue weighted by atomic mass is 16.5. The van der Waals surface area contributed by atoms with E-state index < -0.39 is 0 Å². The van der Waals surface area contributed by atoms with Crippen LogP contribution in [0.25, 0.3) is 0 Å². The van der Waals surface area contributed by atoms with Gasteiger partial charge < -0.3 is 19.9 Å². The van der Waals surface area contributed by atoms with Gasteiger partial charge in [0.15, 0.2) is 0 Å². The second-order valence-corrected chi connectivity index (χ2v) is 3.57. The van der Waals surface area contributed by atoms with Crippen molar-refractivity contribution in [3.05, 3.63) is 29.8 Å². The molecule has 0 aliphatic rings. The highest BCUT2D eigenvalue weighted by Gasteiger charge is 2.10. The molecule has 1 rings (SSSR count). The van der Waals surface area contributed by atoms with Gasteiger partial charge in [-0.15, -0.1) is 0 Å². The van der Waals surface area contributed by atoms with Crippen LogP contribution in [0.4, 0.5) is 0 Å². The fourth-order valence-electron chi connectivity index (χ4n) is 1.54. The van der Waals surface area contributed by atoms with Gasteiger partial charge in [-0.05, 0) is 24.6 Å². The summed E-state index contributed by atoms with van der Waals surface area (Å²) in [5.74, 6) is 0.814. The van der Waals surface area contributed by atoms with Gasteiger partial charge in [0.25, 0.3) is 0 Å². The van der Waals surface area contributed by atoms with Gasteiger partial charge in [0.1, 0.15) is 5.75 Å². The van der Waals surface area contributed by atoms with E-state index >= 15 is 0 Å². The predicted octanol–water partition coefficient (Wildman–Crippen LogP) is 1.75. The van der Waals surface area contributed by atoms with E-state index in [0.29, 0.717) is 26.4 Å². The highest BCUT2D eigenvalue weighted by molar-refractivity contribution is 5.30. The second-order valence-electron chi connectivity index (χ2n) is 3.57. The lowest BCUT2D eigenvalue weighted by Gasteiger charge is -2.17. The van der Waals surface area contributed by atoms with Crippen molar-refractivity contribution in [3.63, 3.8) is 0 Å². The number of rotatable bonds is 8. The molecule has 0 heterocycles. The number of hydrogen-bond donors (Lipinski definition) is 1. The summed E-state index contributed by atoms with van der Waals surface area (Å²) in [4.78, 5) is 0. The monoisotopic (exact) mass is 239 g/mol. The number of ether oxygens (including phenoxy) is 3. The Morgan fingerprint density at radius 2 is 2.12 bits per heavy atom. The molecule has 1 unspecified atom stereocenters. The Morgan fingerprint density at radius 3 is 2.76 bits per heavy atom. The number of nitrogens with two attached hydrogens (primary N) is 1. The zero-order chi connectivity index (χ0) is 12.5. The minimum absolute atomic E-state index is 0.106. The summed E-state index contributed by atoms with van der Waals surface area (Å²) in [7, 11) is 1.65. The fraction of sp³-hybridized carbons (Fsp3) is 0.538. The molecule has 0 radical (unpaired) electrons. The third kappa shape index (κ3) is 4.73. The van der Waals surface area contributed by atoms with Crippen molar-refractivity contribution >= 4 is 0 Å². The Labute approximate surface area is 103 Å². The molecule has 0 fully saturated rings. The topological polar surface area (TPSA) is 53.7 Å². The normalized spacial score (nSPS) is 12.4. The minimum Gasteiger partial charge on any atom is -0.497 e. The lowest BCUT2D eigenvalue weighted by molar-refractivity contribution is 0.0104. The van der Waals surface area contributed by atoms with Crippen LogP contribution in [0, 0.1) is 0 Å². The molecular weight excluding hydrogens is 218 g/mol. The first-order chi connectivity index (χ1) is 8.31. The molecule has 1 aromatic carbocycles. The van der Waals surface area contributed by atoms with E-state index in [4.69, 9.17) is 19.9 Å². The Morgan fingerprint density at radius 1 is 1.29 bits per heavy atom. The van der Waals surface area contributed by atoms with E-state index in [9.17, 15) is 0 Å². The molecule has 4 heteroatoms. The van der Waals surface area contributed by atoms with E-state index in [2.05, 4.69) is 0 Å². The van der Waals surface area contributed by atoms with Gasteiger partial charge in [0.2, 0.25) is 0 Å². The van der Waals surface area contributed by atoms with Gasteiger partial charge in [-0.3, -0.25) is 0 Å².